The molecule has 1 fully saturated rings. The van der Waals surface area contributed by atoms with Gasteiger partial charge in [0.2, 0.25) is 0 Å². The molecule has 0 spiro atoms. The van der Waals surface area contributed by atoms with Gasteiger partial charge in [-0.25, -0.2) is 9.69 Å². The maximum Gasteiger partial charge on any atom is 0.335 e. The van der Waals surface area contributed by atoms with Crippen molar-refractivity contribution in [3.8, 4) is 11.5 Å². The van der Waals surface area contributed by atoms with Gasteiger partial charge in [0.05, 0.1) is 22.9 Å². The summed E-state index contributed by atoms with van der Waals surface area (Å²) < 4.78 is 11.9. The molecular formula is C23H23BrN2O5. The standard InChI is InChI=1S/C23H23BrN2O5/c1-4-11-30-17-8-6-16(7-9-17)26-22(28)18(21(27)25-23(26)29)12-15-5-10-20(19(24)13-15)31-14(2)3/h5-10,12-14H,4,11H2,1-3H3,(H,25,27,29)/b18-12-. The number of hydrogen-bond donors (Lipinski definition) is 1. The topological polar surface area (TPSA) is 84.9 Å². The first-order chi connectivity index (χ1) is 14.8. The second kappa shape index (κ2) is 9.78. The normalized spacial score (nSPS) is 15.5. The predicted octanol–water partition coefficient (Wildman–Crippen LogP) is 4.69. The van der Waals surface area contributed by atoms with Crippen LogP contribution in [-0.4, -0.2) is 30.6 Å². The fraction of sp³-hybridized carbons (Fsp3) is 0.261. The van der Waals surface area contributed by atoms with Crippen molar-refractivity contribution in [3.63, 3.8) is 0 Å². The molecular weight excluding hydrogens is 464 g/mol. The van der Waals surface area contributed by atoms with Crippen molar-refractivity contribution in [2.24, 2.45) is 0 Å². The number of nitrogens with one attached hydrogen (secondary N) is 1. The molecule has 2 aromatic carbocycles. The lowest BCUT2D eigenvalue weighted by molar-refractivity contribution is -0.122. The van der Waals surface area contributed by atoms with Gasteiger partial charge in [-0.05, 0) is 84.2 Å². The molecule has 0 unspecified atom stereocenters. The third kappa shape index (κ3) is 5.32. The lowest BCUT2D eigenvalue weighted by Gasteiger charge is -2.26. The third-order valence-electron chi connectivity index (χ3n) is 4.30. The van der Waals surface area contributed by atoms with E-state index in [-0.39, 0.29) is 11.7 Å². The van der Waals surface area contributed by atoms with Crippen molar-refractivity contribution >= 4 is 45.5 Å². The van der Waals surface area contributed by atoms with Gasteiger partial charge in [0, 0.05) is 0 Å². The first-order valence-electron chi connectivity index (χ1n) is 9.90. The van der Waals surface area contributed by atoms with Gasteiger partial charge >= 0.3 is 6.03 Å². The van der Waals surface area contributed by atoms with Gasteiger partial charge in [0.25, 0.3) is 11.8 Å². The number of ether oxygens (including phenoxy) is 2. The molecule has 0 saturated carbocycles. The number of benzene rings is 2. The number of urea groups is 1. The van der Waals surface area contributed by atoms with Gasteiger partial charge in [0.1, 0.15) is 17.1 Å². The second-order valence-corrected chi connectivity index (χ2v) is 8.01. The van der Waals surface area contributed by atoms with E-state index in [1.54, 1.807) is 42.5 Å². The third-order valence-corrected chi connectivity index (χ3v) is 4.92. The van der Waals surface area contributed by atoms with E-state index >= 15 is 0 Å². The fourth-order valence-electron chi connectivity index (χ4n) is 2.93. The molecule has 1 heterocycles. The van der Waals surface area contributed by atoms with Crippen molar-refractivity contribution < 1.29 is 23.9 Å². The number of anilines is 1. The van der Waals surface area contributed by atoms with Crippen LogP contribution in [0.25, 0.3) is 6.08 Å². The molecule has 1 saturated heterocycles. The monoisotopic (exact) mass is 486 g/mol. The molecule has 8 heteroatoms. The number of hydrogen-bond acceptors (Lipinski definition) is 5. The van der Waals surface area contributed by atoms with Crippen LogP contribution in [-0.2, 0) is 9.59 Å². The Morgan fingerprint density at radius 3 is 2.42 bits per heavy atom. The Balaban J connectivity index is 1.88. The van der Waals surface area contributed by atoms with E-state index in [4.69, 9.17) is 9.47 Å². The van der Waals surface area contributed by atoms with E-state index in [1.165, 1.54) is 6.08 Å². The zero-order chi connectivity index (χ0) is 22.5. The fourth-order valence-corrected chi connectivity index (χ4v) is 3.42. The molecule has 162 valence electrons. The van der Waals surface area contributed by atoms with Crippen molar-refractivity contribution in [1.82, 2.24) is 5.32 Å². The molecule has 0 radical (unpaired) electrons. The van der Waals surface area contributed by atoms with E-state index in [9.17, 15) is 14.4 Å². The maximum absolute atomic E-state index is 13.0. The summed E-state index contributed by atoms with van der Waals surface area (Å²) in [5.41, 5.74) is 0.807. The summed E-state index contributed by atoms with van der Waals surface area (Å²) >= 11 is 3.44. The molecule has 1 N–H and O–H groups in total. The molecule has 7 nitrogen and oxygen atoms in total. The van der Waals surface area contributed by atoms with E-state index < -0.39 is 17.8 Å². The Morgan fingerprint density at radius 2 is 1.81 bits per heavy atom. The van der Waals surface area contributed by atoms with Crippen molar-refractivity contribution in [1.29, 1.82) is 0 Å². The van der Waals surface area contributed by atoms with Crippen molar-refractivity contribution in [3.05, 3.63) is 58.1 Å². The molecule has 0 aliphatic carbocycles. The minimum absolute atomic E-state index is 0.00420. The van der Waals surface area contributed by atoms with Crippen molar-refractivity contribution in [2.45, 2.75) is 33.3 Å². The highest BCUT2D eigenvalue weighted by atomic mass is 79.9. The molecule has 1 aliphatic heterocycles. The smallest absolute Gasteiger partial charge is 0.335 e. The summed E-state index contributed by atoms with van der Waals surface area (Å²) in [4.78, 5) is 38.7. The van der Waals surface area contributed by atoms with Gasteiger partial charge in [-0.3, -0.25) is 14.9 Å². The van der Waals surface area contributed by atoms with Crippen LogP contribution >= 0.6 is 15.9 Å². The molecule has 0 atom stereocenters. The second-order valence-electron chi connectivity index (χ2n) is 7.16. The van der Waals surface area contributed by atoms with E-state index in [1.807, 2.05) is 20.8 Å². The molecule has 4 amide bonds. The summed E-state index contributed by atoms with van der Waals surface area (Å²) in [6.45, 7) is 6.41. The van der Waals surface area contributed by atoms with Gasteiger partial charge in [-0.1, -0.05) is 13.0 Å². The van der Waals surface area contributed by atoms with Gasteiger partial charge < -0.3 is 9.47 Å². The number of barbiturate groups is 1. The van der Waals surface area contributed by atoms with Gasteiger partial charge in [0.15, 0.2) is 0 Å². The van der Waals surface area contributed by atoms with Crippen LogP contribution in [0.2, 0.25) is 0 Å². The average Bonchev–Trinajstić information content (AvgIpc) is 2.72. The van der Waals surface area contributed by atoms with Crippen LogP contribution < -0.4 is 19.7 Å². The number of carbonyl (C=O) groups is 3. The molecule has 1 aliphatic rings. The predicted molar refractivity (Wildman–Crippen MR) is 121 cm³/mol. The number of imide groups is 2. The van der Waals surface area contributed by atoms with Crippen molar-refractivity contribution in [2.75, 3.05) is 11.5 Å². The number of nitrogens with zero attached hydrogens (tertiary/aromatic N) is 1. The average molecular weight is 487 g/mol. The van der Waals surface area contributed by atoms with Crippen LogP contribution in [0.5, 0.6) is 11.5 Å². The Kier molecular flexibility index (Phi) is 7.12. The highest BCUT2D eigenvalue weighted by Gasteiger charge is 2.36. The summed E-state index contributed by atoms with van der Waals surface area (Å²) in [5.74, 6) is -0.156. The number of amides is 4. The Morgan fingerprint density at radius 1 is 1.10 bits per heavy atom. The SMILES string of the molecule is CCCOc1ccc(N2C(=O)NC(=O)/C(=C/c3ccc(OC(C)C)c(Br)c3)C2=O)cc1. The number of halogens is 1. The molecule has 0 bridgehead atoms. The highest BCUT2D eigenvalue weighted by Crippen LogP contribution is 2.29. The van der Waals surface area contributed by atoms with Gasteiger partial charge in [-0.15, -0.1) is 0 Å². The van der Waals surface area contributed by atoms with Crippen LogP contribution in [0.4, 0.5) is 10.5 Å². The number of carbonyl (C=O) groups excluding carboxylic acids is 3. The first-order valence-corrected chi connectivity index (χ1v) is 10.7. The molecule has 31 heavy (non-hydrogen) atoms. The van der Waals surface area contributed by atoms with Crippen LogP contribution in [0, 0.1) is 0 Å². The highest BCUT2D eigenvalue weighted by molar-refractivity contribution is 9.10. The summed E-state index contributed by atoms with van der Waals surface area (Å²) in [6, 6.07) is 11.0. The van der Waals surface area contributed by atoms with Crippen LogP contribution in [0.1, 0.15) is 32.8 Å². The summed E-state index contributed by atoms with van der Waals surface area (Å²) in [6.07, 6.45) is 2.32. The van der Waals surface area contributed by atoms with E-state index in [2.05, 4.69) is 21.2 Å². The molecule has 0 aromatic heterocycles. The van der Waals surface area contributed by atoms with Crippen LogP contribution in [0.15, 0.2) is 52.5 Å². The molecule has 2 aromatic rings. The van der Waals surface area contributed by atoms with E-state index in [0.717, 1.165) is 11.3 Å². The zero-order valence-corrected chi connectivity index (χ0v) is 19.1. The quantitative estimate of drug-likeness (QED) is 0.453. The maximum atomic E-state index is 13.0. The zero-order valence-electron chi connectivity index (χ0n) is 17.5. The lowest BCUT2D eigenvalue weighted by atomic mass is 10.1. The minimum Gasteiger partial charge on any atom is -0.494 e. The summed E-state index contributed by atoms with van der Waals surface area (Å²) in [7, 11) is 0. The van der Waals surface area contributed by atoms with E-state index in [0.29, 0.717) is 33.8 Å². The Bertz CT molecular complexity index is 1030. The Hall–Kier alpha value is -3.13. The largest absolute Gasteiger partial charge is 0.494 e. The van der Waals surface area contributed by atoms with Crippen LogP contribution in [0.3, 0.4) is 0 Å². The first kappa shape index (κ1) is 22.6. The minimum atomic E-state index is -0.795. The Labute approximate surface area is 189 Å². The lowest BCUT2D eigenvalue weighted by Crippen LogP contribution is -2.54. The summed E-state index contributed by atoms with van der Waals surface area (Å²) in [5, 5.41) is 2.22. The number of rotatable bonds is 7. The molecule has 3 rings (SSSR count). The van der Waals surface area contributed by atoms with Gasteiger partial charge in [-0.2, -0.15) is 0 Å².